The lowest BCUT2D eigenvalue weighted by atomic mass is 10.1. The Hall–Kier alpha value is -2.75. The number of benzene rings is 3. The largest absolute Gasteiger partial charge is 0.494 e. The van der Waals surface area contributed by atoms with Crippen LogP contribution in [0, 0.1) is 13.8 Å². The van der Waals surface area contributed by atoms with Crippen LogP contribution in [0.15, 0.2) is 60.7 Å². The van der Waals surface area contributed by atoms with Gasteiger partial charge in [0.25, 0.3) is 0 Å². The average molecular weight is 465 g/mol. The van der Waals surface area contributed by atoms with Crippen molar-refractivity contribution in [3.8, 4) is 5.75 Å². The minimum Gasteiger partial charge on any atom is -0.494 e. The van der Waals surface area contributed by atoms with Gasteiger partial charge in [-0.2, -0.15) is 0 Å². The minimum atomic E-state index is 0.670. The minimum absolute atomic E-state index is 0.670. The van der Waals surface area contributed by atoms with Gasteiger partial charge in [0.1, 0.15) is 11.6 Å². The van der Waals surface area contributed by atoms with Gasteiger partial charge in [-0.15, -0.1) is 0 Å². The van der Waals surface area contributed by atoms with Crippen LogP contribution in [0.3, 0.4) is 0 Å². The highest BCUT2D eigenvalue weighted by atomic mass is 35.5. The summed E-state index contributed by atoms with van der Waals surface area (Å²) in [5.74, 6) is 1.83. The second kappa shape index (κ2) is 10.2. The van der Waals surface area contributed by atoms with Crippen molar-refractivity contribution < 1.29 is 4.74 Å². The van der Waals surface area contributed by atoms with Gasteiger partial charge in [0.2, 0.25) is 0 Å². The van der Waals surface area contributed by atoms with Gasteiger partial charge in [-0.05, 0) is 85.9 Å². The molecule has 0 aliphatic heterocycles. The van der Waals surface area contributed by atoms with E-state index in [4.69, 9.17) is 32.9 Å². The van der Waals surface area contributed by atoms with Crippen LogP contribution in [0.25, 0.3) is 23.2 Å². The lowest BCUT2D eigenvalue weighted by molar-refractivity contribution is 0.303. The number of aromatic nitrogens is 2. The summed E-state index contributed by atoms with van der Waals surface area (Å²) in [4.78, 5) is 4.83. The van der Waals surface area contributed by atoms with Crippen LogP contribution in [-0.2, 0) is 6.54 Å². The summed E-state index contributed by atoms with van der Waals surface area (Å²) in [7, 11) is 0. The number of unbranched alkanes of at least 4 members (excludes halogenated alkanes) is 1. The summed E-state index contributed by atoms with van der Waals surface area (Å²) in [6, 6.07) is 20.1. The molecule has 0 fully saturated rings. The second-order valence-electron chi connectivity index (χ2n) is 7.92. The molecule has 0 bridgehead atoms. The van der Waals surface area contributed by atoms with Gasteiger partial charge in [0, 0.05) is 16.6 Å². The number of hydrogen-bond acceptors (Lipinski definition) is 2. The molecule has 1 aromatic heterocycles. The van der Waals surface area contributed by atoms with Gasteiger partial charge in [-0.3, -0.25) is 0 Å². The fourth-order valence-electron chi connectivity index (χ4n) is 3.75. The Bertz CT molecular complexity index is 1220. The lowest BCUT2D eigenvalue weighted by Crippen LogP contribution is -2.04. The van der Waals surface area contributed by atoms with Crippen molar-refractivity contribution in [2.24, 2.45) is 0 Å². The van der Waals surface area contributed by atoms with E-state index in [1.165, 1.54) is 0 Å². The van der Waals surface area contributed by atoms with E-state index in [-0.39, 0.29) is 0 Å². The number of imidazole rings is 1. The monoisotopic (exact) mass is 464 g/mol. The second-order valence-corrected chi connectivity index (χ2v) is 8.74. The molecule has 0 saturated heterocycles. The quantitative estimate of drug-likeness (QED) is 0.247. The Balaban J connectivity index is 1.42. The predicted octanol–water partition coefficient (Wildman–Crippen LogP) is 7.99. The number of aryl methyl sites for hydroxylation is 3. The molecular weight excluding hydrogens is 439 g/mol. The molecule has 0 spiro atoms. The van der Waals surface area contributed by atoms with Crippen LogP contribution >= 0.6 is 23.2 Å². The van der Waals surface area contributed by atoms with Crippen LogP contribution in [0.1, 0.15) is 35.4 Å². The molecule has 3 aromatic carbocycles. The first-order chi connectivity index (χ1) is 15.5. The third-order valence-electron chi connectivity index (χ3n) is 5.43. The van der Waals surface area contributed by atoms with Gasteiger partial charge < -0.3 is 9.30 Å². The molecule has 0 N–H and O–H groups in total. The predicted molar refractivity (Wildman–Crippen MR) is 136 cm³/mol. The molecule has 164 valence electrons. The molecule has 1 heterocycles. The van der Waals surface area contributed by atoms with Crippen molar-refractivity contribution >= 4 is 46.4 Å². The summed E-state index contributed by atoms with van der Waals surface area (Å²) in [6.45, 7) is 5.56. The zero-order valence-corrected chi connectivity index (χ0v) is 19.8. The van der Waals surface area contributed by atoms with E-state index in [0.29, 0.717) is 6.61 Å². The van der Waals surface area contributed by atoms with E-state index in [1.807, 2.05) is 56.3 Å². The number of ether oxygens (including phenoxy) is 1. The van der Waals surface area contributed by atoms with E-state index in [1.54, 1.807) is 0 Å². The highest BCUT2D eigenvalue weighted by Crippen LogP contribution is 2.26. The standard InChI is InChI=1S/C27H26Cl2N2O/c1-19-17-23(18-20(2)27(19)29)32-16-6-5-15-31-25-8-4-3-7-24(25)30-26(31)14-11-21-9-12-22(28)13-10-21/h3-4,7-14,17-18H,5-6,15-16H2,1-2H3/b14-11+. The number of rotatable bonds is 8. The summed E-state index contributed by atoms with van der Waals surface area (Å²) >= 11 is 12.2. The first-order valence-corrected chi connectivity index (χ1v) is 11.6. The maximum absolute atomic E-state index is 6.25. The fourth-order valence-corrected chi connectivity index (χ4v) is 3.99. The maximum Gasteiger partial charge on any atom is 0.133 e. The summed E-state index contributed by atoms with van der Waals surface area (Å²) in [5, 5.41) is 1.55. The van der Waals surface area contributed by atoms with Crippen molar-refractivity contribution in [3.63, 3.8) is 0 Å². The highest BCUT2D eigenvalue weighted by molar-refractivity contribution is 6.32. The lowest BCUT2D eigenvalue weighted by Gasteiger charge is -2.11. The Labute approximate surface area is 199 Å². The van der Waals surface area contributed by atoms with E-state index < -0.39 is 0 Å². The zero-order valence-electron chi connectivity index (χ0n) is 18.3. The van der Waals surface area contributed by atoms with E-state index in [0.717, 1.165) is 68.7 Å². The van der Waals surface area contributed by atoms with Gasteiger partial charge in [-0.25, -0.2) is 4.98 Å². The van der Waals surface area contributed by atoms with Crippen LogP contribution in [-0.4, -0.2) is 16.2 Å². The number of para-hydroxylation sites is 2. The summed E-state index contributed by atoms with van der Waals surface area (Å²) in [5.41, 5.74) is 5.34. The molecule has 32 heavy (non-hydrogen) atoms. The number of hydrogen-bond donors (Lipinski definition) is 0. The maximum atomic E-state index is 6.25. The van der Waals surface area contributed by atoms with Crippen LogP contribution < -0.4 is 4.74 Å². The van der Waals surface area contributed by atoms with Gasteiger partial charge in [0.05, 0.1) is 17.6 Å². The number of halogens is 2. The highest BCUT2D eigenvalue weighted by Gasteiger charge is 2.08. The molecular formula is C27H26Cl2N2O. The van der Waals surface area contributed by atoms with Crippen molar-refractivity contribution in [1.82, 2.24) is 9.55 Å². The summed E-state index contributed by atoms with van der Waals surface area (Å²) in [6.07, 6.45) is 6.09. The molecule has 0 unspecified atom stereocenters. The molecule has 3 nitrogen and oxygen atoms in total. The Kier molecular flexibility index (Phi) is 7.19. The molecule has 4 rings (SSSR count). The Morgan fingerprint density at radius 3 is 2.38 bits per heavy atom. The van der Waals surface area contributed by atoms with Crippen molar-refractivity contribution in [3.05, 3.63) is 93.2 Å². The first kappa shape index (κ1) is 22.4. The van der Waals surface area contributed by atoms with Gasteiger partial charge in [-0.1, -0.05) is 53.5 Å². The fraction of sp³-hybridized carbons (Fsp3) is 0.222. The topological polar surface area (TPSA) is 27.1 Å². The average Bonchev–Trinajstić information content (AvgIpc) is 3.14. The third-order valence-corrected chi connectivity index (χ3v) is 6.28. The van der Waals surface area contributed by atoms with Crippen molar-refractivity contribution in [2.45, 2.75) is 33.2 Å². The number of nitrogens with zero attached hydrogens (tertiary/aromatic N) is 2. The molecule has 0 saturated carbocycles. The first-order valence-electron chi connectivity index (χ1n) is 10.8. The molecule has 0 atom stereocenters. The molecule has 0 aliphatic rings. The SMILES string of the molecule is Cc1cc(OCCCCn2c(/C=C/c3ccc(Cl)cc3)nc3ccccc32)cc(C)c1Cl. The normalized spacial score (nSPS) is 11.5. The van der Waals surface area contributed by atoms with Crippen LogP contribution in [0.5, 0.6) is 5.75 Å². The molecule has 0 amide bonds. The van der Waals surface area contributed by atoms with E-state index in [2.05, 4.69) is 34.9 Å². The zero-order chi connectivity index (χ0) is 22.5. The molecule has 5 heteroatoms. The Morgan fingerprint density at radius 2 is 1.62 bits per heavy atom. The smallest absolute Gasteiger partial charge is 0.133 e. The van der Waals surface area contributed by atoms with Crippen molar-refractivity contribution in [1.29, 1.82) is 0 Å². The number of fused-ring (bicyclic) bond motifs is 1. The van der Waals surface area contributed by atoms with Gasteiger partial charge >= 0.3 is 0 Å². The third kappa shape index (κ3) is 5.35. The van der Waals surface area contributed by atoms with Gasteiger partial charge in [0.15, 0.2) is 0 Å². The molecule has 0 aliphatic carbocycles. The molecule has 0 radical (unpaired) electrons. The summed E-state index contributed by atoms with van der Waals surface area (Å²) < 4.78 is 8.24. The Morgan fingerprint density at radius 1 is 0.906 bits per heavy atom. The molecule has 4 aromatic rings. The van der Waals surface area contributed by atoms with E-state index in [9.17, 15) is 0 Å². The van der Waals surface area contributed by atoms with Crippen LogP contribution in [0.4, 0.5) is 0 Å². The van der Waals surface area contributed by atoms with E-state index >= 15 is 0 Å². The van der Waals surface area contributed by atoms with Crippen LogP contribution in [0.2, 0.25) is 10.0 Å². The van der Waals surface area contributed by atoms with Crippen molar-refractivity contribution in [2.75, 3.05) is 6.61 Å².